The molecule has 0 saturated heterocycles. The van der Waals surface area contributed by atoms with E-state index >= 15 is 0 Å². The molecule has 0 spiro atoms. The molecule has 0 aliphatic rings. The molecule has 2 heteroatoms. The summed E-state index contributed by atoms with van der Waals surface area (Å²) in [6, 6.07) is 8.32. The average Bonchev–Trinajstić information content (AvgIpc) is 2.03. The van der Waals surface area contributed by atoms with E-state index in [1.807, 2.05) is 12.1 Å². The van der Waals surface area contributed by atoms with E-state index in [-0.39, 0.29) is 18.2 Å². The number of para-hydroxylation sites is 1. The zero-order chi connectivity index (χ0) is 12.6. The van der Waals surface area contributed by atoms with Gasteiger partial charge in [0.25, 0.3) is 0 Å². The summed E-state index contributed by atoms with van der Waals surface area (Å²) in [6.07, 6.45) is 0. The van der Waals surface area contributed by atoms with Crippen LogP contribution in [0, 0.1) is 0 Å². The molecule has 1 aromatic rings. The third-order valence-corrected chi connectivity index (χ3v) is 6.09. The Morgan fingerprint density at radius 2 is 1.31 bits per heavy atom. The number of anilines is 1. The first-order valence-corrected chi connectivity index (χ1v) is 7.13. The molecular formula is C14H24NP. The zero-order valence-electron chi connectivity index (χ0n) is 11.3. The van der Waals surface area contributed by atoms with Crippen molar-refractivity contribution in [2.45, 2.75) is 51.9 Å². The maximum Gasteiger partial charge on any atom is 0.0392 e. The first-order chi connectivity index (χ1) is 7.14. The van der Waals surface area contributed by atoms with E-state index in [4.69, 9.17) is 5.73 Å². The van der Waals surface area contributed by atoms with Crippen LogP contribution in [0.15, 0.2) is 24.3 Å². The Morgan fingerprint density at radius 1 is 0.875 bits per heavy atom. The topological polar surface area (TPSA) is 26.0 Å². The van der Waals surface area contributed by atoms with Crippen LogP contribution in [-0.4, -0.2) is 10.3 Å². The predicted molar refractivity (Wildman–Crippen MR) is 76.9 cm³/mol. The van der Waals surface area contributed by atoms with Crippen LogP contribution in [0.25, 0.3) is 0 Å². The van der Waals surface area contributed by atoms with Crippen molar-refractivity contribution in [1.29, 1.82) is 0 Å². The lowest BCUT2D eigenvalue weighted by molar-refractivity contribution is 0.715. The summed E-state index contributed by atoms with van der Waals surface area (Å²) in [5, 5.41) is 1.91. The van der Waals surface area contributed by atoms with Crippen molar-refractivity contribution >= 4 is 18.9 Å². The van der Waals surface area contributed by atoms with Gasteiger partial charge in [0.15, 0.2) is 0 Å². The van der Waals surface area contributed by atoms with Gasteiger partial charge in [-0.05, 0) is 21.7 Å². The van der Waals surface area contributed by atoms with Gasteiger partial charge in [0, 0.05) is 5.69 Å². The smallest absolute Gasteiger partial charge is 0.0392 e. The Bertz CT molecular complexity index is 344. The Balaban J connectivity index is 3.29. The molecule has 0 saturated carbocycles. The SMILES string of the molecule is CC(C)(C)P(c1ccccc1N)C(C)(C)C. The third kappa shape index (κ3) is 2.98. The maximum atomic E-state index is 6.13. The summed E-state index contributed by atoms with van der Waals surface area (Å²) in [4.78, 5) is 0. The van der Waals surface area contributed by atoms with Crippen molar-refractivity contribution < 1.29 is 0 Å². The molecule has 0 heterocycles. The van der Waals surface area contributed by atoms with E-state index in [9.17, 15) is 0 Å². The first-order valence-electron chi connectivity index (χ1n) is 5.79. The quantitative estimate of drug-likeness (QED) is 0.580. The van der Waals surface area contributed by atoms with Gasteiger partial charge in [-0.2, -0.15) is 0 Å². The monoisotopic (exact) mass is 237 g/mol. The van der Waals surface area contributed by atoms with Crippen molar-refractivity contribution in [2.24, 2.45) is 0 Å². The minimum absolute atomic E-state index is 0.281. The van der Waals surface area contributed by atoms with Gasteiger partial charge in [0.2, 0.25) is 0 Å². The van der Waals surface area contributed by atoms with Crippen molar-refractivity contribution in [3.8, 4) is 0 Å². The minimum atomic E-state index is -0.284. The van der Waals surface area contributed by atoms with E-state index in [1.54, 1.807) is 0 Å². The molecule has 1 aromatic carbocycles. The van der Waals surface area contributed by atoms with Crippen LogP contribution in [0.1, 0.15) is 41.5 Å². The van der Waals surface area contributed by atoms with Crippen molar-refractivity contribution in [2.75, 3.05) is 5.73 Å². The molecule has 0 unspecified atom stereocenters. The largest absolute Gasteiger partial charge is 0.398 e. The number of nitrogen functional groups attached to an aromatic ring is 1. The Kier molecular flexibility index (Phi) is 3.69. The van der Waals surface area contributed by atoms with E-state index in [0.717, 1.165) is 5.69 Å². The van der Waals surface area contributed by atoms with Crippen LogP contribution in [-0.2, 0) is 0 Å². The molecule has 0 aromatic heterocycles. The second kappa shape index (κ2) is 4.37. The van der Waals surface area contributed by atoms with Gasteiger partial charge in [-0.25, -0.2) is 0 Å². The second-order valence-corrected chi connectivity index (χ2v) is 10.1. The van der Waals surface area contributed by atoms with Crippen molar-refractivity contribution in [3.05, 3.63) is 24.3 Å². The molecule has 0 fully saturated rings. The molecule has 1 rings (SSSR count). The highest BCUT2D eigenvalue weighted by Crippen LogP contribution is 2.58. The van der Waals surface area contributed by atoms with Gasteiger partial charge >= 0.3 is 0 Å². The van der Waals surface area contributed by atoms with Crippen LogP contribution < -0.4 is 11.0 Å². The number of nitrogens with two attached hydrogens (primary N) is 1. The summed E-state index contributed by atoms with van der Waals surface area (Å²) in [6.45, 7) is 13.9. The lowest BCUT2D eigenvalue weighted by Crippen LogP contribution is -2.32. The molecule has 16 heavy (non-hydrogen) atoms. The van der Waals surface area contributed by atoms with E-state index in [2.05, 4.69) is 53.7 Å². The number of benzene rings is 1. The summed E-state index contributed by atoms with van der Waals surface area (Å²) in [5.74, 6) is 0. The van der Waals surface area contributed by atoms with Crippen molar-refractivity contribution in [3.63, 3.8) is 0 Å². The fraction of sp³-hybridized carbons (Fsp3) is 0.571. The minimum Gasteiger partial charge on any atom is -0.398 e. The van der Waals surface area contributed by atoms with Gasteiger partial charge in [-0.1, -0.05) is 67.7 Å². The van der Waals surface area contributed by atoms with Gasteiger partial charge < -0.3 is 5.73 Å². The summed E-state index contributed by atoms with van der Waals surface area (Å²) in [7, 11) is -0.284. The number of hydrogen-bond acceptors (Lipinski definition) is 1. The molecular weight excluding hydrogens is 213 g/mol. The van der Waals surface area contributed by atoms with Crippen LogP contribution >= 0.6 is 7.92 Å². The highest BCUT2D eigenvalue weighted by atomic mass is 31.1. The molecule has 0 amide bonds. The molecule has 1 nitrogen and oxygen atoms in total. The summed E-state index contributed by atoms with van der Waals surface area (Å²) < 4.78 is 0. The van der Waals surface area contributed by atoms with Gasteiger partial charge in [-0.15, -0.1) is 0 Å². The molecule has 0 radical (unpaired) electrons. The molecule has 0 aliphatic heterocycles. The Morgan fingerprint density at radius 3 is 1.69 bits per heavy atom. The average molecular weight is 237 g/mol. The predicted octanol–water partition coefficient (Wildman–Crippen LogP) is 3.97. The zero-order valence-corrected chi connectivity index (χ0v) is 12.2. The number of hydrogen-bond donors (Lipinski definition) is 1. The van der Waals surface area contributed by atoms with Gasteiger partial charge in [0.05, 0.1) is 0 Å². The molecule has 90 valence electrons. The van der Waals surface area contributed by atoms with Crippen LogP contribution in [0.5, 0.6) is 0 Å². The lowest BCUT2D eigenvalue weighted by Gasteiger charge is -2.42. The van der Waals surface area contributed by atoms with Gasteiger partial charge in [-0.3, -0.25) is 0 Å². The molecule has 2 N–H and O–H groups in total. The van der Waals surface area contributed by atoms with E-state index in [0.29, 0.717) is 0 Å². The fourth-order valence-electron chi connectivity index (χ4n) is 2.42. The van der Waals surface area contributed by atoms with E-state index < -0.39 is 0 Å². The lowest BCUT2D eigenvalue weighted by atomic mass is 10.2. The van der Waals surface area contributed by atoms with Crippen molar-refractivity contribution in [1.82, 2.24) is 0 Å². The molecule has 0 aliphatic carbocycles. The normalized spacial score (nSPS) is 13.2. The first kappa shape index (κ1) is 13.5. The maximum absolute atomic E-state index is 6.13. The number of rotatable bonds is 1. The third-order valence-electron chi connectivity index (χ3n) is 2.52. The Hall–Kier alpha value is -0.550. The molecule has 0 bridgehead atoms. The summed E-state index contributed by atoms with van der Waals surface area (Å²) >= 11 is 0. The highest BCUT2D eigenvalue weighted by Gasteiger charge is 2.36. The second-order valence-electron chi connectivity index (χ2n) is 6.24. The molecule has 0 atom stereocenters. The van der Waals surface area contributed by atoms with Crippen LogP contribution in [0.4, 0.5) is 5.69 Å². The summed E-state index contributed by atoms with van der Waals surface area (Å²) in [5.41, 5.74) is 7.07. The highest BCUT2D eigenvalue weighted by molar-refractivity contribution is 7.68. The van der Waals surface area contributed by atoms with Crippen LogP contribution in [0.2, 0.25) is 0 Å². The van der Waals surface area contributed by atoms with E-state index in [1.165, 1.54) is 5.30 Å². The fourth-order valence-corrected chi connectivity index (χ4v) is 6.45. The van der Waals surface area contributed by atoms with Gasteiger partial charge in [0.1, 0.15) is 0 Å². The Labute approximate surface area is 101 Å². The van der Waals surface area contributed by atoms with Crippen LogP contribution in [0.3, 0.4) is 0 Å². The standard InChI is InChI=1S/C14H24NP/c1-13(2,3)16(14(4,5)6)12-10-8-7-9-11(12)15/h7-10H,15H2,1-6H3.